The normalized spacial score (nSPS) is 11.4. The Morgan fingerprint density at radius 3 is 1.26 bits per heavy atom. The highest BCUT2D eigenvalue weighted by atomic mass is 14.4. The van der Waals surface area contributed by atoms with Crippen LogP contribution in [0.2, 0.25) is 0 Å². The summed E-state index contributed by atoms with van der Waals surface area (Å²) in [6.45, 7) is 2.28. The van der Waals surface area contributed by atoms with Gasteiger partial charge in [0.25, 0.3) is 0 Å². The van der Waals surface area contributed by atoms with E-state index < -0.39 is 5.41 Å². The Balaban J connectivity index is 1.66. The number of nitriles is 1. The number of rotatable bonds is 17. The van der Waals surface area contributed by atoms with E-state index in [-0.39, 0.29) is 0 Å². The average Bonchev–Trinajstić information content (AvgIpc) is 2.83. The van der Waals surface area contributed by atoms with Crippen LogP contribution in [0.25, 0.3) is 0 Å². The molecule has 0 atom stereocenters. The lowest BCUT2D eigenvalue weighted by atomic mass is 9.72. The van der Waals surface area contributed by atoms with Crippen LogP contribution in [0.3, 0.4) is 0 Å². The van der Waals surface area contributed by atoms with E-state index in [9.17, 15) is 5.26 Å². The van der Waals surface area contributed by atoms with Crippen LogP contribution in [0.15, 0.2) is 60.7 Å². The Labute approximate surface area is 191 Å². The van der Waals surface area contributed by atoms with Crippen molar-refractivity contribution >= 4 is 0 Å². The van der Waals surface area contributed by atoms with Crippen LogP contribution >= 0.6 is 0 Å². The maximum Gasteiger partial charge on any atom is 0.107 e. The molecule has 0 aromatic heterocycles. The molecule has 2 aromatic carbocycles. The highest BCUT2D eigenvalue weighted by molar-refractivity contribution is 5.45. The quantitative estimate of drug-likeness (QED) is 0.235. The van der Waals surface area contributed by atoms with Gasteiger partial charge in [-0.1, -0.05) is 157 Å². The first-order valence-corrected chi connectivity index (χ1v) is 12.9. The monoisotopic (exact) mass is 417 g/mol. The molecule has 0 saturated carbocycles. The van der Waals surface area contributed by atoms with E-state index >= 15 is 0 Å². The zero-order chi connectivity index (χ0) is 22.0. The van der Waals surface area contributed by atoms with Gasteiger partial charge in [-0.15, -0.1) is 0 Å². The number of hydrogen-bond acceptors (Lipinski definition) is 1. The van der Waals surface area contributed by atoms with Crippen molar-refractivity contribution in [1.29, 1.82) is 5.26 Å². The molecule has 0 saturated heterocycles. The summed E-state index contributed by atoms with van der Waals surface area (Å²) >= 11 is 0. The molecule has 2 aromatic rings. The second-order valence-electron chi connectivity index (χ2n) is 9.10. The van der Waals surface area contributed by atoms with E-state index in [4.69, 9.17) is 0 Å². The van der Waals surface area contributed by atoms with Crippen LogP contribution < -0.4 is 0 Å². The third kappa shape index (κ3) is 8.90. The van der Waals surface area contributed by atoms with Crippen molar-refractivity contribution in [2.24, 2.45) is 0 Å². The van der Waals surface area contributed by atoms with Gasteiger partial charge in [0.05, 0.1) is 6.07 Å². The number of unbranched alkanes of at least 4 members (excludes halogenated alkanes) is 13. The molecule has 1 nitrogen and oxygen atoms in total. The summed E-state index contributed by atoms with van der Waals surface area (Å²) < 4.78 is 0. The van der Waals surface area contributed by atoms with Crippen molar-refractivity contribution in [2.45, 2.75) is 109 Å². The van der Waals surface area contributed by atoms with Crippen LogP contribution in [-0.4, -0.2) is 0 Å². The molecular weight excluding hydrogens is 374 g/mol. The maximum atomic E-state index is 10.2. The zero-order valence-electron chi connectivity index (χ0n) is 19.8. The second kappa shape index (κ2) is 15.7. The topological polar surface area (TPSA) is 23.8 Å². The van der Waals surface area contributed by atoms with Crippen LogP contribution in [0.1, 0.15) is 114 Å². The van der Waals surface area contributed by atoms with Crippen LogP contribution in [0.5, 0.6) is 0 Å². The fourth-order valence-electron chi connectivity index (χ4n) is 4.67. The molecule has 0 aliphatic carbocycles. The van der Waals surface area contributed by atoms with Gasteiger partial charge in [0.15, 0.2) is 0 Å². The third-order valence-electron chi connectivity index (χ3n) is 6.63. The van der Waals surface area contributed by atoms with Crippen LogP contribution in [0.4, 0.5) is 0 Å². The molecule has 0 aliphatic rings. The van der Waals surface area contributed by atoms with E-state index in [1.165, 1.54) is 83.5 Å². The van der Waals surface area contributed by atoms with Gasteiger partial charge in [-0.3, -0.25) is 0 Å². The van der Waals surface area contributed by atoms with E-state index in [0.717, 1.165) is 24.0 Å². The highest BCUT2D eigenvalue weighted by Crippen LogP contribution is 2.37. The van der Waals surface area contributed by atoms with Gasteiger partial charge in [-0.2, -0.15) is 5.26 Å². The largest absolute Gasteiger partial charge is 0.197 e. The van der Waals surface area contributed by atoms with Gasteiger partial charge in [0, 0.05) is 0 Å². The van der Waals surface area contributed by atoms with E-state index in [1.54, 1.807) is 0 Å². The molecule has 0 heterocycles. The third-order valence-corrected chi connectivity index (χ3v) is 6.63. The number of benzene rings is 2. The zero-order valence-corrected chi connectivity index (χ0v) is 19.8. The Bertz CT molecular complexity index is 674. The summed E-state index contributed by atoms with van der Waals surface area (Å²) in [6.07, 6.45) is 19.9. The smallest absolute Gasteiger partial charge is 0.107 e. The van der Waals surface area contributed by atoms with Crippen molar-refractivity contribution in [1.82, 2.24) is 0 Å². The highest BCUT2D eigenvalue weighted by Gasteiger charge is 2.33. The van der Waals surface area contributed by atoms with E-state index in [0.29, 0.717) is 0 Å². The van der Waals surface area contributed by atoms with Gasteiger partial charge in [-0.25, -0.2) is 0 Å². The molecular formula is C30H43N. The standard InChI is InChI=1S/C30H43N/c1-2-3-4-5-6-7-8-9-10-11-12-13-14-21-26-30(27-31,28-22-17-15-18-23-28)29-24-19-16-20-25-29/h15-20,22-25H,2-14,21,26H2,1H3. The van der Waals surface area contributed by atoms with Crippen molar-refractivity contribution in [3.63, 3.8) is 0 Å². The summed E-state index contributed by atoms with van der Waals surface area (Å²) in [5, 5.41) is 10.2. The lowest BCUT2D eigenvalue weighted by Gasteiger charge is -2.28. The summed E-state index contributed by atoms with van der Waals surface area (Å²) in [5.41, 5.74) is 1.72. The fourth-order valence-corrected chi connectivity index (χ4v) is 4.67. The Hall–Kier alpha value is -2.07. The van der Waals surface area contributed by atoms with Crippen LogP contribution in [-0.2, 0) is 5.41 Å². The van der Waals surface area contributed by atoms with E-state index in [2.05, 4.69) is 61.5 Å². The molecule has 0 spiro atoms. The summed E-state index contributed by atoms with van der Waals surface area (Å²) in [4.78, 5) is 0. The molecule has 0 amide bonds. The second-order valence-corrected chi connectivity index (χ2v) is 9.10. The molecule has 0 unspecified atom stereocenters. The van der Waals surface area contributed by atoms with Gasteiger partial charge in [-0.05, 0) is 17.5 Å². The molecule has 168 valence electrons. The van der Waals surface area contributed by atoms with Crippen molar-refractivity contribution in [3.8, 4) is 6.07 Å². The molecule has 0 fully saturated rings. The average molecular weight is 418 g/mol. The van der Waals surface area contributed by atoms with Crippen molar-refractivity contribution in [2.75, 3.05) is 0 Å². The summed E-state index contributed by atoms with van der Waals surface area (Å²) in [6, 6.07) is 23.4. The first kappa shape index (κ1) is 25.2. The van der Waals surface area contributed by atoms with Crippen molar-refractivity contribution in [3.05, 3.63) is 71.8 Å². The minimum atomic E-state index is -0.528. The van der Waals surface area contributed by atoms with Gasteiger partial charge < -0.3 is 0 Å². The Morgan fingerprint density at radius 1 is 0.548 bits per heavy atom. The SMILES string of the molecule is CCCCCCCCCCCCCCCCC(C#N)(c1ccccc1)c1ccccc1. The summed E-state index contributed by atoms with van der Waals surface area (Å²) in [7, 11) is 0. The van der Waals surface area contributed by atoms with Gasteiger partial charge in [0.1, 0.15) is 5.41 Å². The predicted molar refractivity (Wildman–Crippen MR) is 134 cm³/mol. The number of hydrogen-bond donors (Lipinski definition) is 0. The molecule has 0 aliphatic heterocycles. The van der Waals surface area contributed by atoms with Gasteiger partial charge in [0.2, 0.25) is 0 Å². The first-order chi connectivity index (χ1) is 15.3. The van der Waals surface area contributed by atoms with Gasteiger partial charge >= 0.3 is 0 Å². The molecule has 2 rings (SSSR count). The lowest BCUT2D eigenvalue weighted by Crippen LogP contribution is -2.25. The molecule has 31 heavy (non-hydrogen) atoms. The Morgan fingerprint density at radius 2 is 0.903 bits per heavy atom. The number of nitrogens with zero attached hydrogens (tertiary/aromatic N) is 1. The Kier molecular flexibility index (Phi) is 12.8. The lowest BCUT2D eigenvalue weighted by molar-refractivity contribution is 0.505. The minimum Gasteiger partial charge on any atom is -0.197 e. The summed E-state index contributed by atoms with van der Waals surface area (Å²) in [5.74, 6) is 0. The molecule has 0 N–H and O–H groups in total. The first-order valence-electron chi connectivity index (χ1n) is 12.9. The maximum absolute atomic E-state index is 10.2. The van der Waals surface area contributed by atoms with E-state index in [1.807, 2.05) is 12.1 Å². The molecule has 1 heteroatoms. The minimum absolute atomic E-state index is 0.528. The van der Waals surface area contributed by atoms with Crippen LogP contribution in [0, 0.1) is 11.3 Å². The molecule has 0 radical (unpaired) electrons. The predicted octanol–water partition coefficient (Wildman–Crippen LogP) is 9.37. The fraction of sp³-hybridized carbons (Fsp3) is 0.567. The molecule has 0 bridgehead atoms. The van der Waals surface area contributed by atoms with Crippen molar-refractivity contribution < 1.29 is 0 Å².